The fraction of sp³-hybridized carbons (Fsp3) is 0.0244. The zero-order valence-electron chi connectivity index (χ0n) is 24.7. The summed E-state index contributed by atoms with van der Waals surface area (Å²) in [7, 11) is 0. The second kappa shape index (κ2) is 12.2. The Morgan fingerprint density at radius 2 is 1.22 bits per heavy atom. The molecular weight excluding hydrogens is 785 g/mol. The Hall–Kier alpha value is -4.41. The molecular formula is C41H28GeIrN2-2. The van der Waals surface area contributed by atoms with E-state index in [0.29, 0.717) is 0 Å². The molecule has 0 saturated heterocycles. The molecule has 0 unspecified atom stereocenters. The Bertz CT molecular complexity index is 2160. The van der Waals surface area contributed by atoms with Gasteiger partial charge < -0.3 is 4.98 Å². The molecule has 0 fully saturated rings. The van der Waals surface area contributed by atoms with E-state index >= 15 is 0 Å². The van der Waals surface area contributed by atoms with E-state index in [1.807, 2.05) is 61.7 Å². The fourth-order valence-corrected chi connectivity index (χ4v) is 17.8. The SMILES string of the molecule is Cc1cccc(-c2[c-]cccc2)n1.[Ir].[c-]1cccc2c1c1ncc[c]3c1c1[c](cccc21)[Ge]3([c]1ccccc1)[c]1ccccc1. The first-order chi connectivity index (χ1) is 21.8. The van der Waals surface area contributed by atoms with Crippen molar-refractivity contribution >= 4 is 63.3 Å². The van der Waals surface area contributed by atoms with Crippen LogP contribution < -0.4 is 17.6 Å². The van der Waals surface area contributed by atoms with Gasteiger partial charge in [-0.25, -0.2) is 0 Å². The average molecular weight is 814 g/mol. The van der Waals surface area contributed by atoms with Crippen molar-refractivity contribution in [2.75, 3.05) is 0 Å². The molecule has 3 heterocycles. The van der Waals surface area contributed by atoms with Crippen LogP contribution in [0.25, 0.3) is 43.7 Å². The van der Waals surface area contributed by atoms with Gasteiger partial charge in [0, 0.05) is 25.8 Å². The van der Waals surface area contributed by atoms with Crippen molar-refractivity contribution in [2.45, 2.75) is 6.92 Å². The summed E-state index contributed by atoms with van der Waals surface area (Å²) < 4.78 is 5.96. The number of hydrogen-bond acceptors (Lipinski definition) is 2. The summed E-state index contributed by atoms with van der Waals surface area (Å²) in [5, 5.41) is 6.45. The van der Waals surface area contributed by atoms with Crippen LogP contribution in [0.3, 0.4) is 0 Å². The van der Waals surface area contributed by atoms with E-state index in [1.165, 1.54) is 39.1 Å². The van der Waals surface area contributed by atoms with Crippen molar-refractivity contribution < 1.29 is 20.1 Å². The number of aryl methyl sites for hydroxylation is 1. The van der Waals surface area contributed by atoms with E-state index in [-0.39, 0.29) is 20.1 Å². The molecule has 0 bridgehead atoms. The Morgan fingerprint density at radius 3 is 1.93 bits per heavy atom. The molecule has 0 amide bonds. The van der Waals surface area contributed by atoms with Gasteiger partial charge in [0.2, 0.25) is 0 Å². The van der Waals surface area contributed by atoms with E-state index < -0.39 is 13.3 Å². The van der Waals surface area contributed by atoms with Crippen molar-refractivity contribution in [3.63, 3.8) is 0 Å². The summed E-state index contributed by atoms with van der Waals surface area (Å²) in [6.45, 7) is 1.99. The second-order valence-electron chi connectivity index (χ2n) is 11.2. The van der Waals surface area contributed by atoms with Gasteiger partial charge >= 0.3 is 184 Å². The predicted molar refractivity (Wildman–Crippen MR) is 186 cm³/mol. The molecule has 217 valence electrons. The Kier molecular flexibility index (Phi) is 7.93. The van der Waals surface area contributed by atoms with Crippen LogP contribution in [0.2, 0.25) is 0 Å². The minimum atomic E-state index is -3.17. The van der Waals surface area contributed by atoms with E-state index in [4.69, 9.17) is 4.98 Å². The number of benzene rings is 6. The number of aromatic nitrogens is 2. The van der Waals surface area contributed by atoms with Crippen molar-refractivity contribution in [1.82, 2.24) is 9.97 Å². The molecule has 2 nitrogen and oxygen atoms in total. The third-order valence-electron chi connectivity index (χ3n) is 8.74. The summed E-state index contributed by atoms with van der Waals surface area (Å²) in [5.41, 5.74) is 4.16. The summed E-state index contributed by atoms with van der Waals surface area (Å²) >= 11 is -3.17. The van der Waals surface area contributed by atoms with Crippen molar-refractivity contribution in [2.24, 2.45) is 0 Å². The standard InChI is InChI=1S/C29H18GeN.C12H10N.Ir/c1-3-10-20(11-4-1)30(21-12-5-2-6-13-21)25-17-9-16-23-22-14-7-8-15-24(22)29-28(27(23)25)26(30)18-19-31-29;1-10-6-5-9-12(13-10)11-7-3-2-4-8-11;/h1-14,16-19H;2-7,9H,1H3;/q2*-1;. The van der Waals surface area contributed by atoms with Crippen LogP contribution in [-0.2, 0) is 20.1 Å². The second-order valence-corrected chi connectivity index (χ2v) is 19.0. The molecule has 0 aliphatic carbocycles. The van der Waals surface area contributed by atoms with Crippen molar-refractivity contribution in [1.29, 1.82) is 0 Å². The molecule has 0 saturated carbocycles. The van der Waals surface area contributed by atoms with Gasteiger partial charge in [-0.05, 0) is 18.7 Å². The topological polar surface area (TPSA) is 25.8 Å². The van der Waals surface area contributed by atoms with Crippen LogP contribution in [0, 0.1) is 19.1 Å². The van der Waals surface area contributed by atoms with Crippen molar-refractivity contribution in [3.8, 4) is 11.3 Å². The molecule has 1 aliphatic heterocycles. The maximum absolute atomic E-state index is 4.91. The summed E-state index contributed by atoms with van der Waals surface area (Å²) in [4.78, 5) is 9.32. The van der Waals surface area contributed by atoms with Crippen LogP contribution in [-0.4, -0.2) is 23.2 Å². The van der Waals surface area contributed by atoms with E-state index in [0.717, 1.165) is 27.9 Å². The Morgan fingerprint density at radius 1 is 0.556 bits per heavy atom. The van der Waals surface area contributed by atoms with Gasteiger partial charge in [0.25, 0.3) is 0 Å². The van der Waals surface area contributed by atoms with Crippen LogP contribution in [0.4, 0.5) is 0 Å². The average Bonchev–Trinajstić information content (AvgIpc) is 3.41. The zero-order chi connectivity index (χ0) is 29.5. The zero-order valence-corrected chi connectivity index (χ0v) is 29.2. The van der Waals surface area contributed by atoms with Crippen LogP contribution in [0.15, 0.2) is 152 Å². The predicted octanol–water partition coefficient (Wildman–Crippen LogP) is 6.89. The van der Waals surface area contributed by atoms with Gasteiger partial charge in [-0.15, -0.1) is 35.9 Å². The normalized spacial score (nSPS) is 12.6. The number of fused-ring (bicyclic) bond motifs is 3. The quantitative estimate of drug-likeness (QED) is 0.111. The summed E-state index contributed by atoms with van der Waals surface area (Å²) in [5.74, 6) is 0. The molecule has 45 heavy (non-hydrogen) atoms. The Labute approximate surface area is 279 Å². The van der Waals surface area contributed by atoms with Crippen LogP contribution >= 0.6 is 0 Å². The third-order valence-corrected chi connectivity index (χ3v) is 18.9. The molecule has 1 radical (unpaired) electrons. The van der Waals surface area contributed by atoms with Crippen LogP contribution in [0.1, 0.15) is 5.69 Å². The first kappa shape index (κ1) is 29.3. The van der Waals surface area contributed by atoms with Crippen molar-refractivity contribution in [3.05, 3.63) is 170 Å². The van der Waals surface area contributed by atoms with Gasteiger partial charge in [-0.2, -0.15) is 0 Å². The van der Waals surface area contributed by atoms with E-state index in [9.17, 15) is 0 Å². The first-order valence-electron chi connectivity index (χ1n) is 14.9. The Balaban J connectivity index is 0.000000196. The van der Waals surface area contributed by atoms with Gasteiger partial charge in [-0.3, -0.25) is 0 Å². The molecule has 2 aromatic heterocycles. The minimum absolute atomic E-state index is 0. The summed E-state index contributed by atoms with van der Waals surface area (Å²) in [6.07, 6.45) is 2.02. The van der Waals surface area contributed by atoms with Gasteiger partial charge in [0.05, 0.1) is 0 Å². The molecule has 1 aliphatic rings. The number of hydrogen-bond donors (Lipinski definition) is 0. The molecule has 8 aromatic rings. The van der Waals surface area contributed by atoms with E-state index in [2.05, 4.69) is 114 Å². The van der Waals surface area contributed by atoms with E-state index in [1.54, 1.807) is 0 Å². The molecule has 6 aromatic carbocycles. The fourth-order valence-electron chi connectivity index (χ4n) is 6.99. The molecule has 9 rings (SSSR count). The third kappa shape index (κ3) is 4.74. The molecule has 0 spiro atoms. The van der Waals surface area contributed by atoms with Gasteiger partial charge in [-0.1, -0.05) is 12.1 Å². The first-order valence-corrected chi connectivity index (χ1v) is 19.1. The monoisotopic (exact) mass is 815 g/mol. The summed E-state index contributed by atoms with van der Waals surface area (Å²) in [6, 6.07) is 58.4. The maximum atomic E-state index is 4.91. The van der Waals surface area contributed by atoms with Gasteiger partial charge in [0.15, 0.2) is 0 Å². The number of rotatable bonds is 3. The molecule has 4 heteroatoms. The van der Waals surface area contributed by atoms with Gasteiger partial charge in [0.1, 0.15) is 0 Å². The molecule has 0 N–H and O–H groups in total. The number of nitrogens with zero attached hydrogens (tertiary/aromatic N) is 2. The van der Waals surface area contributed by atoms with Crippen LogP contribution in [0.5, 0.6) is 0 Å². The molecule has 0 atom stereocenters. The number of pyridine rings is 2.